The molecule has 32 heavy (non-hydrogen) atoms. The molecule has 0 unspecified atom stereocenters. The van der Waals surface area contributed by atoms with Gasteiger partial charge in [-0.1, -0.05) is 0 Å². The Kier molecular flexibility index (Phi) is 9.23. The van der Waals surface area contributed by atoms with Crippen LogP contribution in [0.15, 0.2) is 0 Å². The highest BCUT2D eigenvalue weighted by Gasteiger charge is 2.44. The summed E-state index contributed by atoms with van der Waals surface area (Å²) in [5.41, 5.74) is -0.785. The fourth-order valence-electron chi connectivity index (χ4n) is 3.67. The minimum Gasteiger partial charge on any atom is -0.460 e. The van der Waals surface area contributed by atoms with Gasteiger partial charge in [0, 0.05) is 11.1 Å². The van der Waals surface area contributed by atoms with Crippen molar-refractivity contribution in [3.05, 3.63) is 0 Å². The molecule has 0 aromatic rings. The molecule has 0 aliphatic heterocycles. The zero-order valence-electron chi connectivity index (χ0n) is 21.2. The number of ether oxygens (including phenoxy) is 2. The van der Waals surface area contributed by atoms with E-state index in [1.54, 1.807) is 0 Å². The minimum atomic E-state index is -0.452. The summed E-state index contributed by atoms with van der Waals surface area (Å²) in [6.45, 7) is 15.4. The van der Waals surface area contributed by atoms with Crippen LogP contribution in [-0.4, -0.2) is 60.6 Å². The molecule has 0 atom stereocenters. The number of amides is 1. The van der Waals surface area contributed by atoms with Gasteiger partial charge in [0.05, 0.1) is 0 Å². The number of amidine groups is 1. The van der Waals surface area contributed by atoms with E-state index in [2.05, 4.69) is 21.3 Å². The lowest BCUT2D eigenvalue weighted by atomic mass is 10.1. The van der Waals surface area contributed by atoms with Gasteiger partial charge in [-0.2, -0.15) is 0 Å². The molecule has 8 nitrogen and oxygen atoms in total. The smallest absolute Gasteiger partial charge is 0.408 e. The van der Waals surface area contributed by atoms with E-state index in [4.69, 9.17) is 14.9 Å². The molecule has 2 aliphatic carbocycles. The Labute approximate surface area is 194 Å². The van der Waals surface area contributed by atoms with Crippen LogP contribution in [0.5, 0.6) is 0 Å². The predicted molar refractivity (Wildman–Crippen MR) is 129 cm³/mol. The van der Waals surface area contributed by atoms with Crippen molar-refractivity contribution in [2.45, 2.75) is 115 Å². The standard InChI is InChI=1S/C24H47N5O3/c1-21(2,3)31-19(25)28-23(9-10-23)13-17-26-15-7-8-16-27-18-14-24(11-12-24)29-20(30)32-22(4,5)6/h26-27H,7-18H2,1-6H3,(H2,25,28)(H,29,30). The Morgan fingerprint density at radius 1 is 0.750 bits per heavy atom. The van der Waals surface area contributed by atoms with Crippen molar-refractivity contribution in [2.24, 2.45) is 0 Å². The van der Waals surface area contributed by atoms with Crippen LogP contribution in [-0.2, 0) is 9.47 Å². The molecule has 1 amide bonds. The number of nitrogens with one attached hydrogen (secondary N) is 5. The molecule has 186 valence electrons. The van der Waals surface area contributed by atoms with Crippen molar-refractivity contribution in [1.82, 2.24) is 21.3 Å². The maximum atomic E-state index is 12.0. The highest BCUT2D eigenvalue weighted by molar-refractivity contribution is 5.72. The van der Waals surface area contributed by atoms with Gasteiger partial charge in [0.2, 0.25) is 0 Å². The zero-order chi connectivity index (χ0) is 23.9. The van der Waals surface area contributed by atoms with Gasteiger partial charge >= 0.3 is 6.09 Å². The largest absolute Gasteiger partial charge is 0.460 e. The number of alkyl carbamates (subject to hydrolysis) is 1. The third-order valence-corrected chi connectivity index (χ3v) is 5.78. The molecule has 0 radical (unpaired) electrons. The average molecular weight is 454 g/mol. The van der Waals surface area contributed by atoms with Gasteiger partial charge in [-0.3, -0.25) is 5.41 Å². The lowest BCUT2D eigenvalue weighted by Gasteiger charge is -2.25. The summed E-state index contributed by atoms with van der Waals surface area (Å²) in [4.78, 5) is 12.0. The van der Waals surface area contributed by atoms with E-state index in [-0.39, 0.29) is 28.8 Å². The van der Waals surface area contributed by atoms with Gasteiger partial charge in [-0.15, -0.1) is 0 Å². The molecule has 2 rings (SSSR count). The number of carbonyl (C=O) groups is 1. The van der Waals surface area contributed by atoms with Crippen LogP contribution in [0.2, 0.25) is 0 Å². The normalized spacial score (nSPS) is 18.6. The van der Waals surface area contributed by atoms with Crippen LogP contribution < -0.4 is 21.3 Å². The third-order valence-electron chi connectivity index (χ3n) is 5.78. The first-order valence-corrected chi connectivity index (χ1v) is 12.3. The van der Waals surface area contributed by atoms with E-state index in [9.17, 15) is 4.79 Å². The molecule has 2 saturated carbocycles. The second kappa shape index (κ2) is 11.1. The zero-order valence-corrected chi connectivity index (χ0v) is 21.2. The molecule has 2 fully saturated rings. The van der Waals surface area contributed by atoms with E-state index in [1.165, 1.54) is 0 Å². The van der Waals surface area contributed by atoms with Gasteiger partial charge in [-0.05, 0) is 119 Å². The van der Waals surface area contributed by atoms with Crippen LogP contribution in [0.4, 0.5) is 4.79 Å². The SMILES string of the molecule is CC(C)(C)OC(=N)NC1(CCNCCCCNCCC2(NC(=O)OC(C)(C)C)CC2)CC1. The lowest BCUT2D eigenvalue weighted by molar-refractivity contribution is 0.0493. The molecule has 0 heterocycles. The van der Waals surface area contributed by atoms with Crippen LogP contribution in [0, 0.1) is 5.41 Å². The number of carbonyl (C=O) groups excluding carboxylic acids is 1. The van der Waals surface area contributed by atoms with E-state index in [1.807, 2.05) is 41.5 Å². The van der Waals surface area contributed by atoms with Crippen LogP contribution in [0.25, 0.3) is 0 Å². The maximum Gasteiger partial charge on any atom is 0.408 e. The number of rotatable bonds is 13. The number of unbranched alkanes of at least 4 members (excludes halogenated alkanes) is 1. The highest BCUT2D eigenvalue weighted by atomic mass is 16.6. The van der Waals surface area contributed by atoms with Crippen LogP contribution in [0.3, 0.4) is 0 Å². The lowest BCUT2D eigenvalue weighted by Crippen LogP contribution is -2.42. The number of hydrogen-bond donors (Lipinski definition) is 5. The van der Waals surface area contributed by atoms with Crippen LogP contribution >= 0.6 is 0 Å². The first-order chi connectivity index (χ1) is 14.8. The van der Waals surface area contributed by atoms with Crippen molar-refractivity contribution >= 4 is 12.1 Å². The third kappa shape index (κ3) is 11.4. The topological polar surface area (TPSA) is 108 Å². The van der Waals surface area contributed by atoms with E-state index in [0.717, 1.165) is 77.5 Å². The van der Waals surface area contributed by atoms with E-state index in [0.29, 0.717) is 0 Å². The fraction of sp³-hybridized carbons (Fsp3) is 0.917. The first-order valence-electron chi connectivity index (χ1n) is 12.3. The van der Waals surface area contributed by atoms with Crippen molar-refractivity contribution in [3.8, 4) is 0 Å². The summed E-state index contributed by atoms with van der Waals surface area (Å²) in [6, 6.07) is 0.190. The van der Waals surface area contributed by atoms with Crippen molar-refractivity contribution in [3.63, 3.8) is 0 Å². The summed E-state index contributed by atoms with van der Waals surface area (Å²) in [5, 5.41) is 21.3. The van der Waals surface area contributed by atoms with Gasteiger partial charge in [0.25, 0.3) is 6.02 Å². The molecular formula is C24H47N5O3. The molecular weight excluding hydrogens is 406 g/mol. The average Bonchev–Trinajstić information content (AvgIpc) is 3.52. The van der Waals surface area contributed by atoms with Gasteiger partial charge in [0.15, 0.2) is 0 Å². The first kappa shape index (κ1) is 26.7. The van der Waals surface area contributed by atoms with Crippen LogP contribution in [0.1, 0.15) is 92.9 Å². The highest BCUT2D eigenvalue weighted by Crippen LogP contribution is 2.39. The Bertz CT molecular complexity index is 562. The Morgan fingerprint density at radius 2 is 1.19 bits per heavy atom. The fourth-order valence-corrected chi connectivity index (χ4v) is 3.67. The van der Waals surface area contributed by atoms with E-state index >= 15 is 0 Å². The summed E-state index contributed by atoms with van der Waals surface area (Å²) in [5.74, 6) is 0. The molecule has 0 spiro atoms. The van der Waals surface area contributed by atoms with Crippen molar-refractivity contribution in [1.29, 1.82) is 5.41 Å². The van der Waals surface area contributed by atoms with Gasteiger partial charge in [0.1, 0.15) is 11.2 Å². The molecule has 5 N–H and O–H groups in total. The molecule has 2 aliphatic rings. The maximum absolute atomic E-state index is 12.0. The molecule has 0 bridgehead atoms. The van der Waals surface area contributed by atoms with E-state index < -0.39 is 5.60 Å². The Balaban J connectivity index is 1.43. The predicted octanol–water partition coefficient (Wildman–Crippen LogP) is 3.66. The Hall–Kier alpha value is -1.54. The molecule has 0 saturated heterocycles. The van der Waals surface area contributed by atoms with Gasteiger partial charge < -0.3 is 30.7 Å². The second-order valence-electron chi connectivity index (χ2n) is 11.6. The van der Waals surface area contributed by atoms with Crippen molar-refractivity contribution in [2.75, 3.05) is 26.2 Å². The summed E-state index contributed by atoms with van der Waals surface area (Å²) in [6.07, 6.45) is 8.23. The minimum absolute atomic E-state index is 0.0576. The summed E-state index contributed by atoms with van der Waals surface area (Å²) in [7, 11) is 0. The molecule has 0 aromatic heterocycles. The second-order valence-corrected chi connectivity index (χ2v) is 11.6. The monoisotopic (exact) mass is 453 g/mol. The summed E-state index contributed by atoms with van der Waals surface area (Å²) >= 11 is 0. The Morgan fingerprint density at radius 3 is 1.59 bits per heavy atom. The van der Waals surface area contributed by atoms with Gasteiger partial charge in [-0.25, -0.2) is 4.79 Å². The quantitative estimate of drug-likeness (QED) is 0.165. The number of hydrogen-bond acceptors (Lipinski definition) is 6. The summed E-state index contributed by atoms with van der Waals surface area (Å²) < 4.78 is 11.0. The van der Waals surface area contributed by atoms with Crippen molar-refractivity contribution < 1.29 is 14.3 Å². The molecule has 8 heteroatoms. The molecule has 0 aromatic carbocycles.